The normalized spacial score (nSPS) is 25.8. The molecule has 3 atom stereocenters. The number of nitrogens with zero attached hydrogens (tertiary/aromatic N) is 1. The van der Waals surface area contributed by atoms with Gasteiger partial charge in [0.15, 0.2) is 0 Å². The lowest BCUT2D eigenvalue weighted by Crippen LogP contribution is -2.53. The molecule has 4 nitrogen and oxygen atoms in total. The van der Waals surface area contributed by atoms with E-state index in [2.05, 4.69) is 0 Å². The lowest BCUT2D eigenvalue weighted by molar-refractivity contribution is -0.145. The minimum Gasteiger partial charge on any atom is -0.375 e. The first-order valence-electron chi connectivity index (χ1n) is 6.34. The molecule has 1 heterocycles. The van der Waals surface area contributed by atoms with Gasteiger partial charge in [0.25, 0.3) is 0 Å². The highest BCUT2D eigenvalue weighted by Gasteiger charge is 2.32. The van der Waals surface area contributed by atoms with Crippen LogP contribution in [0.4, 0.5) is 0 Å². The average Bonchev–Trinajstić information content (AvgIpc) is 2.41. The molecule has 0 bridgehead atoms. The predicted octanol–water partition coefficient (Wildman–Crippen LogP) is 1.32. The van der Waals surface area contributed by atoms with Crippen molar-refractivity contribution in [2.45, 2.75) is 32.0 Å². The van der Waals surface area contributed by atoms with Crippen LogP contribution in [0.5, 0.6) is 0 Å². The Morgan fingerprint density at radius 1 is 1.39 bits per heavy atom. The van der Waals surface area contributed by atoms with E-state index in [1.54, 1.807) is 0 Å². The smallest absolute Gasteiger partial charge is 0.244 e. The lowest BCUT2D eigenvalue weighted by atomic mass is 10.0. The highest BCUT2D eigenvalue weighted by molar-refractivity contribution is 5.83. The van der Waals surface area contributed by atoms with Gasteiger partial charge >= 0.3 is 0 Å². The van der Waals surface area contributed by atoms with Gasteiger partial charge in [0.1, 0.15) is 6.04 Å². The standard InChI is InChI=1S/C14H20N2O2/c1-10-11(2)18-9-8-16(10)14(17)13(15)12-6-4-3-5-7-12/h3-7,10-11,13H,8-9,15H2,1-2H3/t10-,11-,13+/m0/s1. The number of ether oxygens (including phenoxy) is 1. The zero-order valence-corrected chi connectivity index (χ0v) is 10.9. The Hall–Kier alpha value is -1.39. The zero-order valence-electron chi connectivity index (χ0n) is 10.9. The molecule has 0 aliphatic carbocycles. The molecule has 1 aromatic carbocycles. The molecule has 0 saturated carbocycles. The average molecular weight is 248 g/mol. The topological polar surface area (TPSA) is 55.6 Å². The number of nitrogens with two attached hydrogens (primary N) is 1. The van der Waals surface area contributed by atoms with Crippen LogP contribution < -0.4 is 5.73 Å². The highest BCUT2D eigenvalue weighted by Crippen LogP contribution is 2.19. The third kappa shape index (κ3) is 2.54. The maximum Gasteiger partial charge on any atom is 0.244 e. The fourth-order valence-corrected chi connectivity index (χ4v) is 2.23. The SMILES string of the molecule is C[C@@H]1OCCN(C(=O)[C@H](N)c2ccccc2)[C@H]1C. The summed E-state index contributed by atoms with van der Waals surface area (Å²) < 4.78 is 5.52. The van der Waals surface area contributed by atoms with Crippen molar-refractivity contribution < 1.29 is 9.53 Å². The van der Waals surface area contributed by atoms with Crippen LogP contribution >= 0.6 is 0 Å². The monoisotopic (exact) mass is 248 g/mol. The van der Waals surface area contributed by atoms with Crippen LogP contribution in [0.3, 0.4) is 0 Å². The first-order chi connectivity index (χ1) is 8.61. The molecule has 0 unspecified atom stereocenters. The van der Waals surface area contributed by atoms with Gasteiger partial charge in [-0.2, -0.15) is 0 Å². The van der Waals surface area contributed by atoms with E-state index in [0.29, 0.717) is 13.2 Å². The third-order valence-electron chi connectivity index (χ3n) is 3.59. The van der Waals surface area contributed by atoms with Crippen molar-refractivity contribution in [2.24, 2.45) is 5.73 Å². The third-order valence-corrected chi connectivity index (χ3v) is 3.59. The quantitative estimate of drug-likeness (QED) is 0.859. The van der Waals surface area contributed by atoms with Gasteiger partial charge in [-0.3, -0.25) is 4.79 Å². The number of amides is 1. The Bertz CT molecular complexity index is 408. The second-order valence-corrected chi connectivity index (χ2v) is 4.74. The number of hydrogen-bond acceptors (Lipinski definition) is 3. The summed E-state index contributed by atoms with van der Waals surface area (Å²) >= 11 is 0. The van der Waals surface area contributed by atoms with E-state index in [-0.39, 0.29) is 18.1 Å². The molecule has 2 rings (SSSR count). The van der Waals surface area contributed by atoms with Gasteiger partial charge in [0.05, 0.1) is 18.8 Å². The van der Waals surface area contributed by atoms with Gasteiger partial charge in [-0.15, -0.1) is 0 Å². The summed E-state index contributed by atoms with van der Waals surface area (Å²) in [6.45, 7) is 5.18. The number of morpholine rings is 1. The summed E-state index contributed by atoms with van der Waals surface area (Å²) in [6, 6.07) is 8.97. The fraction of sp³-hybridized carbons (Fsp3) is 0.500. The van der Waals surface area contributed by atoms with Crippen molar-refractivity contribution in [3.05, 3.63) is 35.9 Å². The van der Waals surface area contributed by atoms with Gasteiger partial charge < -0.3 is 15.4 Å². The van der Waals surface area contributed by atoms with E-state index in [9.17, 15) is 4.79 Å². The number of carbonyl (C=O) groups excluding carboxylic acids is 1. The summed E-state index contributed by atoms with van der Waals surface area (Å²) in [4.78, 5) is 14.2. The molecule has 0 spiro atoms. The molecule has 1 aliphatic heterocycles. The van der Waals surface area contributed by atoms with Gasteiger partial charge in [-0.25, -0.2) is 0 Å². The molecule has 1 fully saturated rings. The first kappa shape index (κ1) is 13.1. The second kappa shape index (κ2) is 5.50. The Labute approximate surface area is 108 Å². The van der Waals surface area contributed by atoms with E-state index >= 15 is 0 Å². The molecule has 18 heavy (non-hydrogen) atoms. The Morgan fingerprint density at radius 2 is 2.06 bits per heavy atom. The predicted molar refractivity (Wildman–Crippen MR) is 70.0 cm³/mol. The molecular weight excluding hydrogens is 228 g/mol. The van der Waals surface area contributed by atoms with Crippen molar-refractivity contribution in [3.63, 3.8) is 0 Å². The molecular formula is C14H20N2O2. The van der Waals surface area contributed by atoms with E-state index in [1.807, 2.05) is 49.1 Å². The number of hydrogen-bond donors (Lipinski definition) is 1. The summed E-state index contributed by atoms with van der Waals surface area (Å²) in [6.07, 6.45) is 0.0608. The van der Waals surface area contributed by atoms with Crippen LogP contribution in [0.25, 0.3) is 0 Å². The van der Waals surface area contributed by atoms with Crippen LogP contribution in [0.2, 0.25) is 0 Å². The summed E-state index contributed by atoms with van der Waals surface area (Å²) in [5.74, 6) is -0.0242. The molecule has 1 aromatic rings. The van der Waals surface area contributed by atoms with E-state index in [1.165, 1.54) is 0 Å². The van der Waals surface area contributed by atoms with E-state index in [4.69, 9.17) is 10.5 Å². The largest absolute Gasteiger partial charge is 0.375 e. The van der Waals surface area contributed by atoms with Crippen LogP contribution in [0.15, 0.2) is 30.3 Å². The zero-order chi connectivity index (χ0) is 13.1. The van der Waals surface area contributed by atoms with Crippen LogP contribution in [-0.4, -0.2) is 36.1 Å². The first-order valence-corrected chi connectivity index (χ1v) is 6.34. The summed E-state index contributed by atoms with van der Waals surface area (Å²) in [7, 11) is 0. The van der Waals surface area contributed by atoms with E-state index < -0.39 is 6.04 Å². The van der Waals surface area contributed by atoms with Gasteiger partial charge in [0, 0.05) is 6.54 Å². The molecule has 0 radical (unpaired) electrons. The van der Waals surface area contributed by atoms with Crippen LogP contribution in [0.1, 0.15) is 25.5 Å². The lowest BCUT2D eigenvalue weighted by Gasteiger charge is -2.39. The molecule has 98 valence electrons. The molecule has 0 aromatic heterocycles. The molecule has 1 amide bonds. The molecule has 2 N–H and O–H groups in total. The van der Waals surface area contributed by atoms with Gasteiger partial charge in [-0.1, -0.05) is 30.3 Å². The molecule has 4 heteroatoms. The minimum absolute atomic E-state index is 0.0242. The van der Waals surface area contributed by atoms with Crippen molar-refractivity contribution in [2.75, 3.05) is 13.2 Å². The highest BCUT2D eigenvalue weighted by atomic mass is 16.5. The van der Waals surface area contributed by atoms with Crippen molar-refractivity contribution >= 4 is 5.91 Å². The van der Waals surface area contributed by atoms with E-state index in [0.717, 1.165) is 5.56 Å². The Kier molecular flexibility index (Phi) is 3.99. The maximum absolute atomic E-state index is 12.4. The minimum atomic E-state index is -0.584. The number of rotatable bonds is 2. The molecule has 1 saturated heterocycles. The number of carbonyl (C=O) groups is 1. The second-order valence-electron chi connectivity index (χ2n) is 4.74. The summed E-state index contributed by atoms with van der Waals surface area (Å²) in [5, 5.41) is 0. The van der Waals surface area contributed by atoms with Crippen molar-refractivity contribution in [1.82, 2.24) is 4.90 Å². The van der Waals surface area contributed by atoms with Crippen LogP contribution in [0, 0.1) is 0 Å². The number of benzene rings is 1. The van der Waals surface area contributed by atoms with Crippen molar-refractivity contribution in [3.8, 4) is 0 Å². The Balaban J connectivity index is 2.11. The van der Waals surface area contributed by atoms with Gasteiger partial charge in [0.2, 0.25) is 5.91 Å². The Morgan fingerprint density at radius 3 is 2.72 bits per heavy atom. The summed E-state index contributed by atoms with van der Waals surface area (Å²) in [5.41, 5.74) is 6.90. The maximum atomic E-state index is 12.4. The van der Waals surface area contributed by atoms with Crippen LogP contribution in [-0.2, 0) is 9.53 Å². The molecule has 1 aliphatic rings. The van der Waals surface area contributed by atoms with Crippen molar-refractivity contribution in [1.29, 1.82) is 0 Å². The van der Waals surface area contributed by atoms with Gasteiger partial charge in [-0.05, 0) is 19.4 Å². The fourth-order valence-electron chi connectivity index (χ4n) is 2.23.